The van der Waals surface area contributed by atoms with Crippen molar-refractivity contribution in [3.63, 3.8) is 0 Å². The second-order valence-corrected chi connectivity index (χ2v) is 4.43. The fraction of sp³-hybridized carbons (Fsp3) is 0.167. The molecule has 1 aromatic heterocycles. The summed E-state index contributed by atoms with van der Waals surface area (Å²) < 4.78 is 5.51. The molecule has 0 atom stereocenters. The van der Waals surface area contributed by atoms with Crippen LogP contribution >= 0.6 is 15.9 Å². The number of aromatic nitrogens is 1. The third-order valence-corrected chi connectivity index (χ3v) is 2.93. The molecule has 1 N–H and O–H groups in total. The molecular formula is C12H10BrNO3. The molecule has 0 spiro atoms. The Morgan fingerprint density at radius 2 is 2.29 bits per heavy atom. The van der Waals surface area contributed by atoms with E-state index in [4.69, 9.17) is 0 Å². The highest BCUT2D eigenvalue weighted by atomic mass is 79.9. The minimum atomic E-state index is 0.192. The summed E-state index contributed by atoms with van der Waals surface area (Å²) in [5.74, 6) is 0.192. The first-order chi connectivity index (χ1) is 8.22. The summed E-state index contributed by atoms with van der Waals surface area (Å²) in [7, 11) is 0. The van der Waals surface area contributed by atoms with Crippen molar-refractivity contribution < 1.29 is 14.6 Å². The molecule has 88 valence electrons. The molecule has 0 radical (unpaired) electrons. The molecule has 0 fully saturated rings. The van der Waals surface area contributed by atoms with Crippen LogP contribution in [0.5, 0.6) is 5.75 Å². The number of ether oxygens (including phenoxy) is 1. The number of carbonyl (C=O) groups is 1. The molecule has 5 heteroatoms. The Hall–Kier alpha value is -1.62. The van der Waals surface area contributed by atoms with Gasteiger partial charge in [-0.05, 0) is 18.2 Å². The number of fused-ring (bicyclic) bond motifs is 1. The Labute approximate surface area is 106 Å². The van der Waals surface area contributed by atoms with Gasteiger partial charge in [-0.3, -0.25) is 9.78 Å². The summed E-state index contributed by atoms with van der Waals surface area (Å²) in [6, 6.07) is 5.47. The Balaban J connectivity index is 2.36. The van der Waals surface area contributed by atoms with Crippen molar-refractivity contribution in [3.05, 3.63) is 34.4 Å². The van der Waals surface area contributed by atoms with Crippen molar-refractivity contribution in [2.75, 3.05) is 6.61 Å². The molecule has 0 aliphatic rings. The van der Waals surface area contributed by atoms with Gasteiger partial charge in [-0.1, -0.05) is 15.9 Å². The summed E-state index contributed by atoms with van der Waals surface area (Å²) in [4.78, 5) is 14.3. The van der Waals surface area contributed by atoms with Gasteiger partial charge in [0, 0.05) is 28.0 Å². The lowest BCUT2D eigenvalue weighted by Gasteiger charge is -2.07. The Morgan fingerprint density at radius 1 is 1.47 bits per heavy atom. The van der Waals surface area contributed by atoms with Gasteiger partial charge in [0.2, 0.25) is 0 Å². The molecule has 0 amide bonds. The van der Waals surface area contributed by atoms with Gasteiger partial charge in [0.25, 0.3) is 6.47 Å². The van der Waals surface area contributed by atoms with E-state index in [-0.39, 0.29) is 12.4 Å². The number of pyridine rings is 1. The van der Waals surface area contributed by atoms with E-state index in [9.17, 15) is 9.90 Å². The Kier molecular flexibility index (Phi) is 3.58. The molecule has 0 aliphatic heterocycles. The van der Waals surface area contributed by atoms with Crippen molar-refractivity contribution in [1.29, 1.82) is 0 Å². The van der Waals surface area contributed by atoms with Gasteiger partial charge in [0.15, 0.2) is 0 Å². The fourth-order valence-corrected chi connectivity index (χ4v) is 1.94. The van der Waals surface area contributed by atoms with E-state index in [0.29, 0.717) is 23.8 Å². The van der Waals surface area contributed by atoms with Crippen LogP contribution in [0.25, 0.3) is 10.9 Å². The molecule has 0 unspecified atom stereocenters. The highest BCUT2D eigenvalue weighted by Crippen LogP contribution is 2.29. The van der Waals surface area contributed by atoms with E-state index in [1.54, 1.807) is 12.3 Å². The monoisotopic (exact) mass is 295 g/mol. The zero-order valence-electron chi connectivity index (χ0n) is 8.89. The molecule has 4 nitrogen and oxygen atoms in total. The van der Waals surface area contributed by atoms with E-state index < -0.39 is 0 Å². The number of hydrogen-bond acceptors (Lipinski definition) is 4. The summed E-state index contributed by atoms with van der Waals surface area (Å²) in [6.07, 6.45) is 2.04. The summed E-state index contributed by atoms with van der Waals surface area (Å²) in [5, 5.41) is 10.7. The average Bonchev–Trinajstić information content (AvgIpc) is 2.32. The summed E-state index contributed by atoms with van der Waals surface area (Å²) >= 11 is 3.35. The van der Waals surface area contributed by atoms with Gasteiger partial charge in [0.1, 0.15) is 5.75 Å². The van der Waals surface area contributed by atoms with Crippen LogP contribution in [0.3, 0.4) is 0 Å². The molecule has 17 heavy (non-hydrogen) atoms. The quantitative estimate of drug-likeness (QED) is 0.695. The minimum absolute atomic E-state index is 0.192. The van der Waals surface area contributed by atoms with Gasteiger partial charge >= 0.3 is 0 Å². The topological polar surface area (TPSA) is 59.4 Å². The van der Waals surface area contributed by atoms with E-state index >= 15 is 0 Å². The molecule has 1 aromatic carbocycles. The third-order valence-electron chi connectivity index (χ3n) is 2.44. The standard InChI is InChI=1S/C12H10BrNO3/c13-9-1-2-10-11(5-9)14-6-8(12(10)16)3-4-17-7-15/h1-2,5-7H,3-4H2,(H,14,16). The fourth-order valence-electron chi connectivity index (χ4n) is 1.59. The Bertz CT molecular complexity index is 557. The summed E-state index contributed by atoms with van der Waals surface area (Å²) in [5.41, 5.74) is 1.39. The number of rotatable bonds is 4. The highest BCUT2D eigenvalue weighted by molar-refractivity contribution is 9.10. The number of hydrogen-bond donors (Lipinski definition) is 1. The van der Waals surface area contributed by atoms with Crippen LogP contribution in [0.2, 0.25) is 0 Å². The molecule has 2 rings (SSSR count). The zero-order valence-corrected chi connectivity index (χ0v) is 10.5. The number of carbonyl (C=O) groups excluding carboxylic acids is 1. The minimum Gasteiger partial charge on any atom is -0.507 e. The lowest BCUT2D eigenvalue weighted by Crippen LogP contribution is -1.98. The maximum absolute atomic E-state index is 10.0. The van der Waals surface area contributed by atoms with E-state index in [2.05, 4.69) is 25.7 Å². The highest BCUT2D eigenvalue weighted by Gasteiger charge is 2.07. The molecule has 0 saturated heterocycles. The average molecular weight is 296 g/mol. The third kappa shape index (κ3) is 2.55. The van der Waals surface area contributed by atoms with E-state index in [0.717, 1.165) is 9.99 Å². The van der Waals surface area contributed by atoms with Crippen molar-refractivity contribution >= 4 is 33.3 Å². The maximum atomic E-state index is 10.0. The van der Waals surface area contributed by atoms with Crippen LogP contribution in [0.1, 0.15) is 5.56 Å². The van der Waals surface area contributed by atoms with Gasteiger partial charge in [0.05, 0.1) is 12.1 Å². The van der Waals surface area contributed by atoms with Crippen molar-refractivity contribution in [1.82, 2.24) is 4.98 Å². The molecule has 0 aliphatic carbocycles. The van der Waals surface area contributed by atoms with E-state index in [1.807, 2.05) is 12.1 Å². The number of aromatic hydroxyl groups is 1. The lowest BCUT2D eigenvalue weighted by molar-refractivity contribution is -0.128. The van der Waals surface area contributed by atoms with Gasteiger partial charge in [-0.15, -0.1) is 0 Å². The second kappa shape index (κ2) is 5.14. The second-order valence-electron chi connectivity index (χ2n) is 3.51. The molecule has 0 saturated carbocycles. The SMILES string of the molecule is O=COCCc1cnc2cc(Br)ccc2c1O. The number of halogens is 1. The Morgan fingerprint density at radius 3 is 3.06 bits per heavy atom. The smallest absolute Gasteiger partial charge is 0.293 e. The molecular weight excluding hydrogens is 286 g/mol. The number of benzene rings is 1. The van der Waals surface area contributed by atoms with Crippen molar-refractivity contribution in [2.45, 2.75) is 6.42 Å². The predicted octanol–water partition coefficient (Wildman–Crippen LogP) is 2.42. The van der Waals surface area contributed by atoms with Crippen LogP contribution in [0.4, 0.5) is 0 Å². The molecule has 1 heterocycles. The van der Waals surface area contributed by atoms with E-state index in [1.165, 1.54) is 0 Å². The van der Waals surface area contributed by atoms with Crippen LogP contribution in [-0.2, 0) is 16.0 Å². The lowest BCUT2D eigenvalue weighted by atomic mass is 10.1. The first kappa shape index (κ1) is 11.9. The molecule has 2 aromatic rings. The molecule has 0 bridgehead atoms. The largest absolute Gasteiger partial charge is 0.507 e. The van der Waals surface area contributed by atoms with Gasteiger partial charge in [-0.25, -0.2) is 0 Å². The van der Waals surface area contributed by atoms with Crippen molar-refractivity contribution in [3.8, 4) is 5.75 Å². The zero-order chi connectivity index (χ0) is 12.3. The van der Waals surface area contributed by atoms with Crippen LogP contribution < -0.4 is 0 Å². The summed E-state index contributed by atoms with van der Waals surface area (Å²) in [6.45, 7) is 0.628. The number of nitrogens with zero attached hydrogens (tertiary/aromatic N) is 1. The van der Waals surface area contributed by atoms with Crippen LogP contribution in [-0.4, -0.2) is 23.2 Å². The first-order valence-electron chi connectivity index (χ1n) is 5.03. The maximum Gasteiger partial charge on any atom is 0.293 e. The predicted molar refractivity (Wildman–Crippen MR) is 66.8 cm³/mol. The first-order valence-corrected chi connectivity index (χ1v) is 5.83. The van der Waals surface area contributed by atoms with Gasteiger partial charge < -0.3 is 9.84 Å². The van der Waals surface area contributed by atoms with Crippen LogP contribution in [0, 0.1) is 0 Å². The van der Waals surface area contributed by atoms with Crippen LogP contribution in [0.15, 0.2) is 28.9 Å². The van der Waals surface area contributed by atoms with Crippen molar-refractivity contribution in [2.24, 2.45) is 0 Å². The normalized spacial score (nSPS) is 10.4. The van der Waals surface area contributed by atoms with Gasteiger partial charge in [-0.2, -0.15) is 0 Å².